The monoisotopic (exact) mass is 414 g/mol. The van der Waals surface area contributed by atoms with Crippen molar-refractivity contribution in [2.75, 3.05) is 4.72 Å². The van der Waals surface area contributed by atoms with E-state index in [1.165, 1.54) is 0 Å². The average Bonchev–Trinajstić information content (AvgIpc) is 2.93. The van der Waals surface area contributed by atoms with Crippen LogP contribution in [0.3, 0.4) is 0 Å². The molecule has 0 bridgehead atoms. The third-order valence-corrected chi connectivity index (χ3v) is 6.05. The Kier molecular flexibility index (Phi) is 5.40. The lowest BCUT2D eigenvalue weighted by molar-refractivity contribution is 0.345. The van der Waals surface area contributed by atoms with Crippen LogP contribution in [0.2, 0.25) is 0 Å². The topological polar surface area (TPSA) is 86.1 Å². The highest BCUT2D eigenvalue weighted by Crippen LogP contribution is 2.30. The van der Waals surface area contributed by atoms with Gasteiger partial charge in [-0.1, -0.05) is 0 Å². The van der Waals surface area contributed by atoms with Gasteiger partial charge in [-0.2, -0.15) is 5.10 Å². The minimum Gasteiger partial charge on any atom is -0.455 e. The van der Waals surface area contributed by atoms with Crippen LogP contribution >= 0.6 is 0 Å². The highest BCUT2D eigenvalue weighted by atomic mass is 32.2. The first-order chi connectivity index (χ1) is 13.5. The van der Waals surface area contributed by atoms with Gasteiger partial charge in [-0.15, -0.1) is 0 Å². The number of anilines is 1. The minimum absolute atomic E-state index is 0.209. The Bertz CT molecular complexity index is 1130. The number of hydrogen-bond donors (Lipinski definition) is 1. The quantitative estimate of drug-likeness (QED) is 0.662. The van der Waals surface area contributed by atoms with Crippen molar-refractivity contribution in [3.8, 4) is 11.5 Å². The number of hydrogen-bond acceptors (Lipinski definition) is 5. The molecule has 0 spiro atoms. The first-order valence-electron chi connectivity index (χ1n) is 9.27. The lowest BCUT2D eigenvalue weighted by Crippen LogP contribution is -2.25. The summed E-state index contributed by atoms with van der Waals surface area (Å²) in [5.74, 6) is 1.25. The third-order valence-electron chi connectivity index (χ3n) is 4.42. The molecule has 0 fully saturated rings. The van der Waals surface area contributed by atoms with Crippen molar-refractivity contribution in [1.29, 1.82) is 0 Å². The van der Waals surface area contributed by atoms with Crippen LogP contribution in [0.15, 0.2) is 47.6 Å². The molecule has 3 rings (SSSR count). The summed E-state index contributed by atoms with van der Waals surface area (Å²) in [5.41, 5.74) is 2.02. The van der Waals surface area contributed by atoms with Gasteiger partial charge < -0.3 is 4.74 Å². The van der Waals surface area contributed by atoms with Crippen molar-refractivity contribution in [2.24, 2.45) is 0 Å². The summed E-state index contributed by atoms with van der Waals surface area (Å²) in [6.07, 6.45) is 3.29. The van der Waals surface area contributed by atoms with E-state index in [-0.39, 0.29) is 10.4 Å². The van der Waals surface area contributed by atoms with Crippen molar-refractivity contribution in [3.63, 3.8) is 0 Å². The van der Waals surface area contributed by atoms with Gasteiger partial charge in [0.05, 0.1) is 23.1 Å². The summed E-state index contributed by atoms with van der Waals surface area (Å²) in [4.78, 5) is 4.23. The van der Waals surface area contributed by atoms with Gasteiger partial charge in [-0.25, -0.2) is 8.42 Å². The number of aryl methyl sites for hydroxylation is 2. The van der Waals surface area contributed by atoms with Gasteiger partial charge >= 0.3 is 0 Å². The standard InChI is InChI=1S/C21H26N4O3S/c1-14-12-17(9-10-19(14)28-18-8-7-11-22-13-18)24-29(26,27)20-15(2)23-25(16(20)3)21(4,5)6/h7-13,24H,1-6H3. The van der Waals surface area contributed by atoms with E-state index in [1.54, 1.807) is 55.2 Å². The summed E-state index contributed by atoms with van der Waals surface area (Å²) in [6.45, 7) is 11.3. The number of rotatable bonds is 5. The Morgan fingerprint density at radius 1 is 1.10 bits per heavy atom. The molecule has 0 saturated carbocycles. The average molecular weight is 415 g/mol. The van der Waals surface area contributed by atoms with Crippen LogP contribution in [-0.4, -0.2) is 23.2 Å². The Morgan fingerprint density at radius 3 is 2.38 bits per heavy atom. The van der Waals surface area contributed by atoms with E-state index in [9.17, 15) is 8.42 Å². The lowest BCUT2D eigenvalue weighted by Gasteiger charge is -2.21. The molecule has 154 valence electrons. The fraction of sp³-hybridized carbons (Fsp3) is 0.333. The van der Waals surface area contributed by atoms with E-state index in [2.05, 4.69) is 14.8 Å². The number of ether oxygens (including phenoxy) is 1. The molecule has 8 heteroatoms. The van der Waals surface area contributed by atoms with Crippen molar-refractivity contribution >= 4 is 15.7 Å². The van der Waals surface area contributed by atoms with E-state index in [0.29, 0.717) is 28.6 Å². The van der Waals surface area contributed by atoms with Gasteiger partial charge in [0.25, 0.3) is 10.0 Å². The zero-order chi connectivity index (χ0) is 21.4. The van der Waals surface area contributed by atoms with Crippen molar-refractivity contribution in [1.82, 2.24) is 14.8 Å². The normalized spacial score (nSPS) is 12.1. The third kappa shape index (κ3) is 4.42. The molecular formula is C21H26N4O3S. The zero-order valence-electron chi connectivity index (χ0n) is 17.5. The molecule has 3 aromatic rings. The molecule has 0 saturated heterocycles. The van der Waals surface area contributed by atoms with Gasteiger partial charge in [-0.05, 0) is 77.4 Å². The fourth-order valence-electron chi connectivity index (χ4n) is 3.24. The van der Waals surface area contributed by atoms with E-state index < -0.39 is 10.0 Å². The molecule has 1 aromatic carbocycles. The maximum Gasteiger partial charge on any atom is 0.265 e. The van der Waals surface area contributed by atoms with Crippen LogP contribution in [0.25, 0.3) is 0 Å². The van der Waals surface area contributed by atoms with Gasteiger partial charge in [-0.3, -0.25) is 14.4 Å². The summed E-state index contributed by atoms with van der Waals surface area (Å²) in [5, 5.41) is 4.44. The molecule has 0 amide bonds. The Balaban J connectivity index is 1.88. The molecule has 0 unspecified atom stereocenters. The van der Waals surface area contributed by atoms with E-state index in [0.717, 1.165) is 5.56 Å². The zero-order valence-corrected chi connectivity index (χ0v) is 18.3. The predicted octanol–water partition coefficient (Wildman–Crippen LogP) is 4.55. The number of pyridine rings is 1. The second-order valence-corrected chi connectivity index (χ2v) is 9.58. The smallest absolute Gasteiger partial charge is 0.265 e. The first kappa shape index (κ1) is 20.9. The molecule has 0 aliphatic heterocycles. The van der Waals surface area contributed by atoms with Crippen LogP contribution in [0.5, 0.6) is 11.5 Å². The van der Waals surface area contributed by atoms with Gasteiger partial charge in [0.15, 0.2) is 0 Å². The summed E-state index contributed by atoms with van der Waals surface area (Å²) < 4.78 is 36.3. The van der Waals surface area contributed by atoms with Crippen LogP contribution in [0.4, 0.5) is 5.69 Å². The van der Waals surface area contributed by atoms with Crippen LogP contribution in [0.1, 0.15) is 37.7 Å². The number of nitrogens with zero attached hydrogens (tertiary/aromatic N) is 3. The van der Waals surface area contributed by atoms with Crippen molar-refractivity contribution < 1.29 is 13.2 Å². The lowest BCUT2D eigenvalue weighted by atomic mass is 10.1. The minimum atomic E-state index is -3.79. The second-order valence-electron chi connectivity index (χ2n) is 7.96. The molecule has 0 atom stereocenters. The SMILES string of the molecule is Cc1cc(NS(=O)(=O)c2c(C)nn(C(C)(C)C)c2C)ccc1Oc1cccnc1. The van der Waals surface area contributed by atoms with Gasteiger partial charge in [0, 0.05) is 11.9 Å². The molecule has 0 radical (unpaired) electrons. The molecular weight excluding hydrogens is 388 g/mol. The van der Waals surface area contributed by atoms with Crippen LogP contribution in [-0.2, 0) is 15.6 Å². The van der Waals surface area contributed by atoms with Gasteiger partial charge in [0.1, 0.15) is 16.4 Å². The van der Waals surface area contributed by atoms with Crippen LogP contribution in [0, 0.1) is 20.8 Å². The maximum absolute atomic E-state index is 13.1. The second kappa shape index (κ2) is 7.51. The molecule has 0 aliphatic rings. The van der Waals surface area contributed by atoms with E-state index in [4.69, 9.17) is 4.74 Å². The fourth-order valence-corrected chi connectivity index (χ4v) is 4.68. The number of nitrogens with one attached hydrogen (secondary N) is 1. The first-order valence-corrected chi connectivity index (χ1v) is 10.8. The van der Waals surface area contributed by atoms with Crippen LogP contribution < -0.4 is 9.46 Å². The number of benzene rings is 1. The predicted molar refractivity (Wildman–Crippen MR) is 113 cm³/mol. The molecule has 1 N–H and O–H groups in total. The summed E-state index contributed by atoms with van der Waals surface area (Å²) >= 11 is 0. The highest BCUT2D eigenvalue weighted by molar-refractivity contribution is 7.92. The molecule has 0 aliphatic carbocycles. The molecule has 29 heavy (non-hydrogen) atoms. The molecule has 7 nitrogen and oxygen atoms in total. The summed E-state index contributed by atoms with van der Waals surface area (Å²) in [7, 11) is -3.79. The number of sulfonamides is 1. The maximum atomic E-state index is 13.1. The van der Waals surface area contributed by atoms with Gasteiger partial charge in [0.2, 0.25) is 0 Å². The Labute approximate surface area is 171 Å². The van der Waals surface area contributed by atoms with Crippen molar-refractivity contribution in [2.45, 2.75) is 52.0 Å². The van der Waals surface area contributed by atoms with E-state index >= 15 is 0 Å². The molecule has 2 heterocycles. The number of aromatic nitrogens is 3. The Morgan fingerprint density at radius 2 is 1.83 bits per heavy atom. The molecule has 2 aromatic heterocycles. The summed E-state index contributed by atoms with van der Waals surface area (Å²) in [6, 6.07) is 8.74. The largest absolute Gasteiger partial charge is 0.455 e. The van der Waals surface area contributed by atoms with Crippen molar-refractivity contribution in [3.05, 3.63) is 59.7 Å². The highest BCUT2D eigenvalue weighted by Gasteiger charge is 2.28. The van der Waals surface area contributed by atoms with E-state index in [1.807, 2.05) is 33.8 Å². The Hall–Kier alpha value is -2.87.